The van der Waals surface area contributed by atoms with Gasteiger partial charge in [0.2, 0.25) is 10.0 Å². The molecule has 2 aliphatic rings. The van der Waals surface area contributed by atoms with Gasteiger partial charge in [0.05, 0.1) is 5.75 Å². The van der Waals surface area contributed by atoms with Crippen molar-refractivity contribution in [1.82, 2.24) is 4.31 Å². The zero-order valence-electron chi connectivity index (χ0n) is 11.0. The second kappa shape index (κ2) is 6.10. The van der Waals surface area contributed by atoms with Crippen molar-refractivity contribution in [3.05, 3.63) is 0 Å². The Kier molecular flexibility index (Phi) is 4.95. The summed E-state index contributed by atoms with van der Waals surface area (Å²) in [6, 6.07) is 0. The lowest BCUT2D eigenvalue weighted by molar-refractivity contribution is 0.102. The average molecular weight is 294 g/mol. The quantitative estimate of drug-likeness (QED) is 0.747. The molecule has 5 heteroatoms. The highest BCUT2D eigenvalue weighted by Crippen LogP contribution is 2.44. The molecular weight excluding hydrogens is 270 g/mol. The van der Waals surface area contributed by atoms with E-state index in [1.807, 2.05) is 0 Å². The molecule has 0 aromatic heterocycles. The second-order valence-electron chi connectivity index (χ2n) is 5.82. The molecule has 0 radical (unpaired) electrons. The molecule has 0 aromatic carbocycles. The van der Waals surface area contributed by atoms with E-state index in [-0.39, 0.29) is 5.75 Å². The molecule has 0 atom stereocenters. The SMILES string of the molecule is O=S(=O)(CCCCl)N1CCC2(CCCCC2)CC1. The van der Waals surface area contributed by atoms with Crippen molar-refractivity contribution >= 4 is 21.6 Å². The summed E-state index contributed by atoms with van der Waals surface area (Å²) in [7, 11) is -3.05. The van der Waals surface area contributed by atoms with Gasteiger partial charge >= 0.3 is 0 Å². The van der Waals surface area contributed by atoms with E-state index >= 15 is 0 Å². The molecule has 1 saturated heterocycles. The fourth-order valence-corrected chi connectivity index (χ4v) is 5.20. The fraction of sp³-hybridized carbons (Fsp3) is 1.00. The topological polar surface area (TPSA) is 37.4 Å². The molecule has 1 aliphatic carbocycles. The van der Waals surface area contributed by atoms with Crippen molar-refractivity contribution < 1.29 is 8.42 Å². The standard InChI is InChI=1S/C13H24ClNO2S/c14-9-4-12-18(16,17)15-10-7-13(8-11-15)5-2-1-3-6-13/h1-12H2. The van der Waals surface area contributed by atoms with E-state index in [4.69, 9.17) is 11.6 Å². The second-order valence-corrected chi connectivity index (χ2v) is 8.28. The number of halogens is 1. The minimum absolute atomic E-state index is 0.212. The van der Waals surface area contributed by atoms with Crippen LogP contribution in [0.25, 0.3) is 0 Å². The van der Waals surface area contributed by atoms with E-state index in [0.717, 1.165) is 25.9 Å². The molecule has 0 amide bonds. The summed E-state index contributed by atoms with van der Waals surface area (Å²) >= 11 is 5.58. The molecular formula is C13H24ClNO2S. The van der Waals surface area contributed by atoms with Crippen LogP contribution in [0.1, 0.15) is 51.4 Å². The van der Waals surface area contributed by atoms with E-state index in [1.165, 1.54) is 32.1 Å². The Hall–Kier alpha value is 0.200. The molecule has 0 bridgehead atoms. The summed E-state index contributed by atoms with van der Waals surface area (Å²) in [5.41, 5.74) is 0.469. The first-order chi connectivity index (χ1) is 8.58. The smallest absolute Gasteiger partial charge is 0.212 e. The molecule has 0 aromatic rings. The summed E-state index contributed by atoms with van der Waals surface area (Å²) in [6.45, 7) is 1.45. The normalized spacial score (nSPS) is 25.4. The fourth-order valence-electron chi connectivity index (χ4n) is 3.41. The van der Waals surface area contributed by atoms with Gasteiger partial charge in [0.25, 0.3) is 0 Å². The largest absolute Gasteiger partial charge is 0.214 e. The highest BCUT2D eigenvalue weighted by Gasteiger charge is 2.38. The van der Waals surface area contributed by atoms with Gasteiger partial charge in [0.1, 0.15) is 0 Å². The maximum absolute atomic E-state index is 12.1. The van der Waals surface area contributed by atoms with Crippen molar-refractivity contribution in [1.29, 1.82) is 0 Å². The Bertz CT molecular complexity index is 353. The molecule has 1 saturated carbocycles. The van der Waals surface area contributed by atoms with Gasteiger partial charge in [-0.2, -0.15) is 0 Å². The van der Waals surface area contributed by atoms with E-state index in [1.54, 1.807) is 4.31 Å². The number of hydrogen-bond donors (Lipinski definition) is 0. The summed E-state index contributed by atoms with van der Waals surface area (Å²) in [4.78, 5) is 0. The van der Waals surface area contributed by atoms with Crippen LogP contribution in [0.4, 0.5) is 0 Å². The maximum Gasteiger partial charge on any atom is 0.214 e. The average Bonchev–Trinajstić information content (AvgIpc) is 2.38. The number of hydrogen-bond acceptors (Lipinski definition) is 2. The molecule has 106 valence electrons. The van der Waals surface area contributed by atoms with E-state index in [2.05, 4.69) is 0 Å². The molecule has 2 rings (SSSR count). The molecule has 18 heavy (non-hydrogen) atoms. The first-order valence-electron chi connectivity index (χ1n) is 7.12. The number of nitrogens with zero attached hydrogens (tertiary/aromatic N) is 1. The van der Waals surface area contributed by atoms with Crippen LogP contribution in [0.3, 0.4) is 0 Å². The van der Waals surface area contributed by atoms with Gasteiger partial charge < -0.3 is 0 Å². The maximum atomic E-state index is 12.1. The van der Waals surface area contributed by atoms with Crippen LogP contribution in [0, 0.1) is 5.41 Å². The van der Waals surface area contributed by atoms with Gasteiger partial charge in [-0.25, -0.2) is 12.7 Å². The predicted molar refractivity (Wildman–Crippen MR) is 75.4 cm³/mol. The lowest BCUT2D eigenvalue weighted by Crippen LogP contribution is -2.44. The molecule has 1 heterocycles. The third-order valence-electron chi connectivity index (χ3n) is 4.63. The van der Waals surface area contributed by atoms with Crippen molar-refractivity contribution in [2.75, 3.05) is 24.7 Å². The highest BCUT2D eigenvalue weighted by molar-refractivity contribution is 7.89. The van der Waals surface area contributed by atoms with Crippen molar-refractivity contribution in [2.45, 2.75) is 51.4 Å². The number of sulfonamides is 1. The summed E-state index contributed by atoms with van der Waals surface area (Å²) in [6.07, 6.45) is 9.33. The van der Waals surface area contributed by atoms with Crippen LogP contribution in [0.2, 0.25) is 0 Å². The van der Waals surface area contributed by atoms with Gasteiger partial charge in [0.15, 0.2) is 0 Å². The Labute approximate surface area is 116 Å². The van der Waals surface area contributed by atoms with E-state index in [0.29, 0.717) is 17.7 Å². The first kappa shape index (κ1) is 14.6. The summed E-state index contributed by atoms with van der Waals surface area (Å²) < 4.78 is 25.9. The third kappa shape index (κ3) is 3.40. The van der Waals surface area contributed by atoms with E-state index in [9.17, 15) is 8.42 Å². The van der Waals surface area contributed by atoms with E-state index < -0.39 is 10.0 Å². The van der Waals surface area contributed by atoms with Crippen LogP contribution in [-0.4, -0.2) is 37.4 Å². The zero-order chi connectivity index (χ0) is 13.1. The van der Waals surface area contributed by atoms with Gasteiger partial charge in [-0.1, -0.05) is 19.3 Å². The lowest BCUT2D eigenvalue weighted by Gasteiger charge is -2.43. The predicted octanol–water partition coefficient (Wildman–Crippen LogP) is 2.99. The number of alkyl halides is 1. The number of rotatable bonds is 4. The zero-order valence-corrected chi connectivity index (χ0v) is 12.6. The van der Waals surface area contributed by atoms with Gasteiger partial charge in [-0.3, -0.25) is 0 Å². The lowest BCUT2D eigenvalue weighted by atomic mass is 9.68. The Morgan fingerprint density at radius 3 is 2.17 bits per heavy atom. The Morgan fingerprint density at radius 2 is 1.61 bits per heavy atom. The number of piperidine rings is 1. The van der Waals surface area contributed by atoms with Crippen LogP contribution in [0.5, 0.6) is 0 Å². The van der Waals surface area contributed by atoms with Gasteiger partial charge in [0, 0.05) is 19.0 Å². The van der Waals surface area contributed by atoms with Crippen molar-refractivity contribution in [3.8, 4) is 0 Å². The Balaban J connectivity index is 1.89. The van der Waals surface area contributed by atoms with Crippen molar-refractivity contribution in [2.24, 2.45) is 5.41 Å². The third-order valence-corrected chi connectivity index (χ3v) is 6.85. The van der Waals surface area contributed by atoms with Crippen molar-refractivity contribution in [3.63, 3.8) is 0 Å². The highest BCUT2D eigenvalue weighted by atomic mass is 35.5. The molecule has 2 fully saturated rings. The minimum Gasteiger partial charge on any atom is -0.212 e. The van der Waals surface area contributed by atoms with Crippen LogP contribution < -0.4 is 0 Å². The molecule has 3 nitrogen and oxygen atoms in total. The molecule has 0 unspecified atom stereocenters. The van der Waals surface area contributed by atoms with Gasteiger partial charge in [-0.15, -0.1) is 11.6 Å². The minimum atomic E-state index is -3.05. The summed E-state index contributed by atoms with van der Waals surface area (Å²) in [5, 5.41) is 0. The summed E-state index contributed by atoms with van der Waals surface area (Å²) in [5.74, 6) is 0.639. The molecule has 1 spiro atoms. The van der Waals surface area contributed by atoms with Crippen LogP contribution >= 0.6 is 11.6 Å². The monoisotopic (exact) mass is 293 g/mol. The van der Waals surface area contributed by atoms with Crippen LogP contribution in [0.15, 0.2) is 0 Å². The molecule has 0 N–H and O–H groups in total. The Morgan fingerprint density at radius 1 is 1.00 bits per heavy atom. The van der Waals surface area contributed by atoms with Gasteiger partial charge in [-0.05, 0) is 37.5 Å². The van der Waals surface area contributed by atoms with Crippen LogP contribution in [-0.2, 0) is 10.0 Å². The molecule has 1 aliphatic heterocycles. The first-order valence-corrected chi connectivity index (χ1v) is 9.26.